The second-order valence-corrected chi connectivity index (χ2v) is 11.1. The number of thioether (sulfide) groups is 1. The molecule has 6 nitrogen and oxygen atoms in total. The van der Waals surface area contributed by atoms with E-state index in [0.29, 0.717) is 34.5 Å². The third kappa shape index (κ3) is 6.24. The Morgan fingerprint density at radius 3 is 2.58 bits per heavy atom. The van der Waals surface area contributed by atoms with E-state index in [2.05, 4.69) is 13.0 Å². The Balaban J connectivity index is 1.43. The van der Waals surface area contributed by atoms with Gasteiger partial charge in [-0.25, -0.2) is 4.99 Å². The number of benzene rings is 3. The maximum Gasteiger partial charge on any atom is 0.267 e. The molecule has 2 fully saturated rings. The van der Waals surface area contributed by atoms with E-state index in [-0.39, 0.29) is 18.6 Å². The lowest BCUT2D eigenvalue weighted by Gasteiger charge is -2.35. The van der Waals surface area contributed by atoms with Crippen molar-refractivity contribution in [1.82, 2.24) is 4.90 Å². The fourth-order valence-corrected chi connectivity index (χ4v) is 6.26. The van der Waals surface area contributed by atoms with Crippen LogP contribution in [0.5, 0.6) is 11.5 Å². The lowest BCUT2D eigenvalue weighted by atomic mass is 9.85. The van der Waals surface area contributed by atoms with Gasteiger partial charge in [0.2, 0.25) is 0 Å². The maximum atomic E-state index is 13.8. The quantitative estimate of drug-likeness (QED) is 0.268. The topological polar surface area (TPSA) is 74.9 Å². The summed E-state index contributed by atoms with van der Waals surface area (Å²) in [4.78, 5) is 21.3. The van der Waals surface area contributed by atoms with Crippen molar-refractivity contribution in [2.24, 2.45) is 10.9 Å². The van der Waals surface area contributed by atoms with Gasteiger partial charge in [0.05, 0.1) is 28.8 Å². The largest absolute Gasteiger partial charge is 0.490 e. The monoisotopic (exact) mass is 551 g/mol. The molecule has 0 unspecified atom stereocenters. The molecule has 1 heterocycles. The fraction of sp³-hybridized carbons (Fsp3) is 0.303. The van der Waals surface area contributed by atoms with Crippen molar-refractivity contribution in [3.8, 4) is 17.6 Å². The number of amides is 1. The molecule has 1 saturated carbocycles. The van der Waals surface area contributed by atoms with Gasteiger partial charge in [-0.05, 0) is 79.4 Å². The minimum Gasteiger partial charge on any atom is -0.490 e. The van der Waals surface area contributed by atoms with Crippen molar-refractivity contribution in [3.63, 3.8) is 0 Å². The number of aliphatic imine (C=N–C) groups is 1. The van der Waals surface area contributed by atoms with Crippen molar-refractivity contribution >= 4 is 34.6 Å². The van der Waals surface area contributed by atoms with Gasteiger partial charge in [0.15, 0.2) is 16.7 Å². The summed E-state index contributed by atoms with van der Waals surface area (Å²) in [5.41, 5.74) is 3.09. The van der Waals surface area contributed by atoms with E-state index in [0.717, 1.165) is 41.2 Å². The Bertz CT molecular complexity index is 1460. The number of amidine groups is 1. The normalized spacial score (nSPS) is 21.0. The summed E-state index contributed by atoms with van der Waals surface area (Å²) in [5, 5.41) is 10.1. The van der Waals surface area contributed by atoms with Gasteiger partial charge in [0, 0.05) is 11.6 Å². The van der Waals surface area contributed by atoms with Gasteiger partial charge < -0.3 is 9.47 Å². The summed E-state index contributed by atoms with van der Waals surface area (Å²) >= 11 is 1.43. The molecule has 1 saturated heterocycles. The molecule has 204 valence electrons. The van der Waals surface area contributed by atoms with E-state index in [1.807, 2.05) is 84.6 Å². The van der Waals surface area contributed by atoms with Crippen LogP contribution in [0.4, 0.5) is 5.69 Å². The molecule has 0 N–H and O–H groups in total. The first kappa shape index (κ1) is 27.5. The van der Waals surface area contributed by atoms with Crippen LogP contribution in [0.25, 0.3) is 6.08 Å². The van der Waals surface area contributed by atoms with Crippen LogP contribution in [-0.2, 0) is 11.4 Å². The number of para-hydroxylation sites is 1. The summed E-state index contributed by atoms with van der Waals surface area (Å²) in [6.07, 6.45) is 6.35. The third-order valence-corrected chi connectivity index (χ3v) is 8.29. The SMILES string of the molecule is CCOc1cc(/C=C2\SC(=Nc3ccccc3)N([C@@H]3CCCC[C@@H]3C)C2=O)ccc1OCc1ccccc1C#N. The molecule has 7 heteroatoms. The van der Waals surface area contributed by atoms with Crippen LogP contribution in [0.1, 0.15) is 56.2 Å². The van der Waals surface area contributed by atoms with Gasteiger partial charge >= 0.3 is 0 Å². The molecule has 0 spiro atoms. The predicted molar refractivity (Wildman–Crippen MR) is 160 cm³/mol. The van der Waals surface area contributed by atoms with E-state index in [1.54, 1.807) is 6.07 Å². The molecule has 0 aromatic heterocycles. The lowest BCUT2D eigenvalue weighted by molar-refractivity contribution is -0.124. The number of hydrogen-bond donors (Lipinski definition) is 0. The molecular weight excluding hydrogens is 518 g/mol. The highest BCUT2D eigenvalue weighted by atomic mass is 32.2. The lowest BCUT2D eigenvalue weighted by Crippen LogP contribution is -2.44. The number of rotatable bonds is 8. The Morgan fingerprint density at radius 2 is 1.80 bits per heavy atom. The molecule has 1 amide bonds. The van der Waals surface area contributed by atoms with Gasteiger partial charge in [-0.15, -0.1) is 0 Å². The molecular formula is C33H33N3O3S. The highest BCUT2D eigenvalue weighted by Crippen LogP contribution is 2.40. The number of carbonyl (C=O) groups excluding carboxylic acids is 1. The summed E-state index contributed by atoms with van der Waals surface area (Å²) in [5.74, 6) is 1.61. The Labute approximate surface area is 240 Å². The molecule has 1 aliphatic heterocycles. The van der Waals surface area contributed by atoms with Gasteiger partial charge in [0.25, 0.3) is 5.91 Å². The van der Waals surface area contributed by atoms with Crippen molar-refractivity contribution in [3.05, 3.63) is 94.4 Å². The maximum absolute atomic E-state index is 13.8. The Morgan fingerprint density at radius 1 is 1.02 bits per heavy atom. The van der Waals surface area contributed by atoms with Gasteiger partial charge in [0.1, 0.15) is 6.61 Å². The summed E-state index contributed by atoms with van der Waals surface area (Å²) < 4.78 is 12.0. The van der Waals surface area contributed by atoms with Crippen LogP contribution < -0.4 is 9.47 Å². The number of ether oxygens (including phenoxy) is 2. The first-order chi connectivity index (χ1) is 19.6. The summed E-state index contributed by atoms with van der Waals surface area (Å²) in [6.45, 7) is 4.89. The first-order valence-corrected chi connectivity index (χ1v) is 14.6. The van der Waals surface area contributed by atoms with Crippen LogP contribution in [-0.4, -0.2) is 28.6 Å². The molecule has 2 aliphatic rings. The average molecular weight is 552 g/mol. The number of nitrogens with zero attached hydrogens (tertiary/aromatic N) is 3. The number of carbonyl (C=O) groups is 1. The highest BCUT2D eigenvalue weighted by Gasteiger charge is 2.41. The zero-order chi connectivity index (χ0) is 27.9. The van der Waals surface area contributed by atoms with Crippen molar-refractivity contribution < 1.29 is 14.3 Å². The van der Waals surface area contributed by atoms with Crippen LogP contribution >= 0.6 is 11.8 Å². The molecule has 3 aromatic rings. The second kappa shape index (κ2) is 12.9. The number of nitriles is 1. The van der Waals surface area contributed by atoms with E-state index in [9.17, 15) is 10.1 Å². The predicted octanol–water partition coefficient (Wildman–Crippen LogP) is 7.72. The van der Waals surface area contributed by atoms with Crippen LogP contribution in [0.2, 0.25) is 0 Å². The number of hydrogen-bond acceptors (Lipinski definition) is 6. The minimum absolute atomic E-state index is 0.00447. The fourth-order valence-electron chi connectivity index (χ4n) is 5.21. The van der Waals surface area contributed by atoms with E-state index < -0.39 is 0 Å². The zero-order valence-electron chi connectivity index (χ0n) is 22.9. The standard InChI is InChI=1S/C33H33N3O3S/c1-3-38-30-19-24(17-18-29(30)39-22-26-13-9-8-12-25(26)21-34)20-31-32(37)36(28-16-10-7-11-23(28)2)33(40-31)35-27-14-5-4-6-15-27/h4-6,8-9,12-15,17-20,23,28H,3,7,10-11,16,22H2,1-2H3/b31-20-,35-33?/t23-,28+/m0/s1. The van der Waals surface area contributed by atoms with Crippen LogP contribution in [0.3, 0.4) is 0 Å². The average Bonchev–Trinajstić information content (AvgIpc) is 3.27. The zero-order valence-corrected chi connectivity index (χ0v) is 23.7. The first-order valence-electron chi connectivity index (χ1n) is 13.8. The van der Waals surface area contributed by atoms with E-state index in [4.69, 9.17) is 14.5 Å². The molecule has 0 bridgehead atoms. The smallest absolute Gasteiger partial charge is 0.267 e. The minimum atomic E-state index is 0.00447. The molecule has 40 heavy (non-hydrogen) atoms. The van der Waals surface area contributed by atoms with Gasteiger partial charge in [-0.3, -0.25) is 9.69 Å². The summed E-state index contributed by atoms with van der Waals surface area (Å²) in [7, 11) is 0. The van der Waals surface area contributed by atoms with Gasteiger partial charge in [-0.1, -0.05) is 62.2 Å². The molecule has 2 atom stereocenters. The van der Waals surface area contributed by atoms with E-state index in [1.165, 1.54) is 18.2 Å². The molecule has 0 radical (unpaired) electrons. The third-order valence-electron chi connectivity index (χ3n) is 7.30. The molecule has 1 aliphatic carbocycles. The van der Waals surface area contributed by atoms with Gasteiger partial charge in [-0.2, -0.15) is 5.26 Å². The van der Waals surface area contributed by atoms with Crippen molar-refractivity contribution in [1.29, 1.82) is 5.26 Å². The van der Waals surface area contributed by atoms with Crippen LogP contribution in [0, 0.1) is 17.2 Å². The Kier molecular flexibility index (Phi) is 8.87. The highest BCUT2D eigenvalue weighted by molar-refractivity contribution is 8.18. The van der Waals surface area contributed by atoms with Crippen molar-refractivity contribution in [2.45, 2.75) is 52.2 Å². The van der Waals surface area contributed by atoms with E-state index >= 15 is 0 Å². The second-order valence-electron chi connectivity index (χ2n) is 10.0. The van der Waals surface area contributed by atoms with Crippen LogP contribution in [0.15, 0.2) is 82.7 Å². The summed E-state index contributed by atoms with van der Waals surface area (Å²) in [6, 6.07) is 25.2. The van der Waals surface area contributed by atoms with Crippen molar-refractivity contribution in [2.75, 3.05) is 6.61 Å². The molecule has 5 rings (SSSR count). The molecule has 3 aromatic carbocycles. The Hall–Kier alpha value is -4.02.